The Hall–Kier alpha value is -1.22. The van der Waals surface area contributed by atoms with E-state index in [4.69, 9.17) is 27.9 Å². The van der Waals surface area contributed by atoms with Gasteiger partial charge in [-0.25, -0.2) is 0 Å². The first-order chi connectivity index (χ1) is 10.6. The number of fused-ring (bicyclic) bond motifs is 1. The van der Waals surface area contributed by atoms with Crippen molar-refractivity contribution in [1.29, 1.82) is 0 Å². The molecule has 2 nitrogen and oxygen atoms in total. The van der Waals surface area contributed by atoms with Gasteiger partial charge in [0.15, 0.2) is 0 Å². The monoisotopic (exact) mass is 335 g/mol. The normalized spacial score (nSPS) is 15.2. The number of ether oxygens (including phenoxy) is 1. The molecule has 1 aliphatic rings. The zero-order chi connectivity index (χ0) is 15.5. The molecule has 0 amide bonds. The van der Waals surface area contributed by atoms with Crippen molar-refractivity contribution in [1.82, 2.24) is 4.90 Å². The summed E-state index contributed by atoms with van der Waals surface area (Å²) >= 11 is 12.3. The van der Waals surface area contributed by atoms with Gasteiger partial charge in [0.2, 0.25) is 0 Å². The molecule has 0 aromatic heterocycles. The Morgan fingerprint density at radius 3 is 2.36 bits per heavy atom. The molecule has 0 N–H and O–H groups in total. The lowest BCUT2D eigenvalue weighted by atomic mass is 10.0. The fourth-order valence-corrected chi connectivity index (χ4v) is 3.18. The Morgan fingerprint density at radius 2 is 1.64 bits per heavy atom. The lowest BCUT2D eigenvalue weighted by Gasteiger charge is -2.15. The zero-order valence-corrected chi connectivity index (χ0v) is 14.1. The minimum absolute atomic E-state index is 0.543. The average molecular weight is 336 g/mol. The van der Waals surface area contributed by atoms with Crippen molar-refractivity contribution in [2.75, 3.05) is 20.1 Å². The zero-order valence-electron chi connectivity index (χ0n) is 12.6. The molecule has 0 bridgehead atoms. The molecule has 22 heavy (non-hydrogen) atoms. The Bertz CT molecular complexity index is 655. The smallest absolute Gasteiger partial charge is 0.123 e. The van der Waals surface area contributed by atoms with Gasteiger partial charge in [0.1, 0.15) is 12.4 Å². The number of rotatable bonds is 3. The SMILES string of the molecule is CN1CCc2c(Cl)ccc(OCc3ccc(Cl)cc3)c2CC1. The van der Waals surface area contributed by atoms with E-state index in [0.29, 0.717) is 6.61 Å². The van der Waals surface area contributed by atoms with Crippen molar-refractivity contribution in [2.24, 2.45) is 0 Å². The molecule has 116 valence electrons. The highest BCUT2D eigenvalue weighted by atomic mass is 35.5. The van der Waals surface area contributed by atoms with Gasteiger partial charge in [-0.2, -0.15) is 0 Å². The average Bonchev–Trinajstić information content (AvgIpc) is 2.71. The Balaban J connectivity index is 1.81. The predicted molar refractivity (Wildman–Crippen MR) is 92.1 cm³/mol. The van der Waals surface area contributed by atoms with Gasteiger partial charge < -0.3 is 9.64 Å². The maximum Gasteiger partial charge on any atom is 0.123 e. The second-order valence-corrected chi connectivity index (χ2v) is 6.56. The van der Waals surface area contributed by atoms with Crippen molar-refractivity contribution < 1.29 is 4.74 Å². The molecule has 2 aromatic rings. The van der Waals surface area contributed by atoms with Gasteiger partial charge in [-0.15, -0.1) is 0 Å². The van der Waals surface area contributed by atoms with Crippen LogP contribution in [0.1, 0.15) is 16.7 Å². The Labute approximate surface area is 141 Å². The molecule has 1 aliphatic heterocycles. The number of hydrogen-bond donors (Lipinski definition) is 0. The number of halogens is 2. The summed E-state index contributed by atoms with van der Waals surface area (Å²) in [7, 11) is 2.15. The third kappa shape index (κ3) is 3.57. The van der Waals surface area contributed by atoms with Crippen molar-refractivity contribution in [3.63, 3.8) is 0 Å². The lowest BCUT2D eigenvalue weighted by Crippen LogP contribution is -2.20. The molecule has 0 atom stereocenters. The van der Waals surface area contributed by atoms with E-state index in [-0.39, 0.29) is 0 Å². The van der Waals surface area contributed by atoms with Crippen LogP contribution in [-0.2, 0) is 19.4 Å². The van der Waals surface area contributed by atoms with Crippen LogP contribution in [0.4, 0.5) is 0 Å². The molecule has 0 unspecified atom stereocenters. The van der Waals surface area contributed by atoms with Crippen LogP contribution in [-0.4, -0.2) is 25.0 Å². The van der Waals surface area contributed by atoms with Crippen LogP contribution in [0.2, 0.25) is 10.0 Å². The predicted octanol–water partition coefficient (Wildman–Crippen LogP) is 4.60. The first kappa shape index (κ1) is 15.7. The number of benzene rings is 2. The van der Waals surface area contributed by atoms with E-state index in [9.17, 15) is 0 Å². The minimum Gasteiger partial charge on any atom is -0.489 e. The molecule has 3 rings (SSSR count). The van der Waals surface area contributed by atoms with Crippen LogP contribution in [0, 0.1) is 0 Å². The van der Waals surface area contributed by atoms with Gasteiger partial charge in [0.05, 0.1) is 0 Å². The summed E-state index contributed by atoms with van der Waals surface area (Å²) in [6, 6.07) is 11.7. The molecule has 0 aliphatic carbocycles. The van der Waals surface area contributed by atoms with E-state index in [1.807, 2.05) is 36.4 Å². The van der Waals surface area contributed by atoms with Crippen molar-refractivity contribution in [3.05, 3.63) is 63.1 Å². The minimum atomic E-state index is 0.543. The molecule has 0 radical (unpaired) electrons. The van der Waals surface area contributed by atoms with Crippen LogP contribution < -0.4 is 4.74 Å². The summed E-state index contributed by atoms with van der Waals surface area (Å²) in [5.41, 5.74) is 3.60. The van der Waals surface area contributed by atoms with Gasteiger partial charge in [0, 0.05) is 28.7 Å². The summed E-state index contributed by atoms with van der Waals surface area (Å²) < 4.78 is 6.06. The summed E-state index contributed by atoms with van der Waals surface area (Å²) in [6.07, 6.45) is 1.95. The fourth-order valence-electron chi connectivity index (χ4n) is 2.78. The molecule has 0 spiro atoms. The lowest BCUT2D eigenvalue weighted by molar-refractivity contribution is 0.301. The molecule has 2 aromatic carbocycles. The summed E-state index contributed by atoms with van der Waals surface area (Å²) in [6.45, 7) is 2.61. The van der Waals surface area contributed by atoms with E-state index >= 15 is 0 Å². The fraction of sp³-hybridized carbons (Fsp3) is 0.333. The highest BCUT2D eigenvalue weighted by molar-refractivity contribution is 6.31. The summed E-state index contributed by atoms with van der Waals surface area (Å²) in [5.74, 6) is 0.949. The molecule has 0 saturated carbocycles. The first-order valence-electron chi connectivity index (χ1n) is 7.49. The molecular weight excluding hydrogens is 317 g/mol. The van der Waals surface area contributed by atoms with Gasteiger partial charge >= 0.3 is 0 Å². The van der Waals surface area contributed by atoms with Crippen LogP contribution >= 0.6 is 23.2 Å². The molecular formula is C18H19Cl2NO. The summed E-state index contributed by atoms with van der Waals surface area (Å²) in [4.78, 5) is 2.33. The van der Waals surface area contributed by atoms with Gasteiger partial charge in [-0.05, 0) is 55.3 Å². The highest BCUT2D eigenvalue weighted by Crippen LogP contribution is 2.32. The van der Waals surface area contributed by atoms with Crippen LogP contribution in [0.25, 0.3) is 0 Å². The van der Waals surface area contributed by atoms with Crippen molar-refractivity contribution >= 4 is 23.2 Å². The third-order valence-electron chi connectivity index (χ3n) is 4.13. The second kappa shape index (κ2) is 6.91. The standard InChI is InChI=1S/C18H19Cl2NO/c1-21-10-8-15-16(9-11-21)18(7-6-17(15)20)22-12-13-2-4-14(19)5-3-13/h2-7H,8-12H2,1H3. The quantitative estimate of drug-likeness (QED) is 0.812. The number of likely N-dealkylation sites (N-methyl/N-ethyl adjacent to an activating group) is 1. The van der Waals surface area contributed by atoms with Crippen LogP contribution in [0.3, 0.4) is 0 Å². The topological polar surface area (TPSA) is 12.5 Å². The molecule has 1 heterocycles. The van der Waals surface area contributed by atoms with E-state index in [1.165, 1.54) is 11.1 Å². The summed E-state index contributed by atoms with van der Waals surface area (Å²) in [5, 5.41) is 1.59. The Morgan fingerprint density at radius 1 is 0.955 bits per heavy atom. The maximum absolute atomic E-state index is 6.38. The van der Waals surface area contributed by atoms with Crippen molar-refractivity contribution in [2.45, 2.75) is 19.4 Å². The number of hydrogen-bond acceptors (Lipinski definition) is 2. The first-order valence-corrected chi connectivity index (χ1v) is 8.25. The number of nitrogens with zero attached hydrogens (tertiary/aromatic N) is 1. The van der Waals surface area contributed by atoms with Gasteiger partial charge in [-0.3, -0.25) is 0 Å². The molecule has 0 saturated heterocycles. The van der Waals surface area contributed by atoms with E-state index in [2.05, 4.69) is 11.9 Å². The second-order valence-electron chi connectivity index (χ2n) is 5.72. The molecule has 0 fully saturated rings. The third-order valence-corrected chi connectivity index (χ3v) is 4.73. The van der Waals surface area contributed by atoms with Crippen LogP contribution in [0.5, 0.6) is 5.75 Å². The van der Waals surface area contributed by atoms with Crippen LogP contribution in [0.15, 0.2) is 36.4 Å². The van der Waals surface area contributed by atoms with E-state index < -0.39 is 0 Å². The van der Waals surface area contributed by atoms with E-state index in [0.717, 1.165) is 47.3 Å². The van der Waals surface area contributed by atoms with Crippen molar-refractivity contribution in [3.8, 4) is 5.75 Å². The molecule has 4 heteroatoms. The largest absolute Gasteiger partial charge is 0.489 e. The van der Waals surface area contributed by atoms with Gasteiger partial charge in [0.25, 0.3) is 0 Å². The van der Waals surface area contributed by atoms with Gasteiger partial charge in [-0.1, -0.05) is 35.3 Å². The van der Waals surface area contributed by atoms with E-state index in [1.54, 1.807) is 0 Å². The maximum atomic E-state index is 6.38. The highest BCUT2D eigenvalue weighted by Gasteiger charge is 2.18. The Kier molecular flexibility index (Phi) is 4.92.